The van der Waals surface area contributed by atoms with E-state index in [9.17, 15) is 20.2 Å². The quantitative estimate of drug-likeness (QED) is 0.409. The average Bonchev–Trinajstić information content (AvgIpc) is 2.64. The van der Waals surface area contributed by atoms with Gasteiger partial charge in [-0.15, -0.1) is 0 Å². The summed E-state index contributed by atoms with van der Waals surface area (Å²) in [6, 6.07) is 13.7. The minimum Gasteiger partial charge on any atom is -0.258 e. The van der Waals surface area contributed by atoms with Gasteiger partial charge in [-0.2, -0.15) is 0 Å². The number of benzene rings is 2. The molecule has 2 atom stereocenters. The molecule has 2 rings (SSSR count). The Morgan fingerprint density at radius 3 is 1.85 bits per heavy atom. The van der Waals surface area contributed by atoms with Gasteiger partial charge in [0, 0.05) is 23.3 Å². The molecule has 0 bridgehead atoms. The van der Waals surface area contributed by atoms with E-state index in [0.29, 0.717) is 0 Å². The molecule has 0 aliphatic heterocycles. The van der Waals surface area contributed by atoms with Gasteiger partial charge in [0.25, 0.3) is 11.4 Å². The van der Waals surface area contributed by atoms with Crippen LogP contribution in [-0.2, 0) is 0 Å². The molecular formula is C20H24N2O4. The molecule has 0 N–H and O–H groups in total. The van der Waals surface area contributed by atoms with E-state index < -0.39 is 0 Å². The molecule has 0 aliphatic rings. The average molecular weight is 356 g/mol. The van der Waals surface area contributed by atoms with E-state index in [1.54, 1.807) is 24.3 Å². The second kappa shape index (κ2) is 9.08. The predicted octanol–water partition coefficient (Wildman–Crippen LogP) is 5.97. The van der Waals surface area contributed by atoms with Gasteiger partial charge in [-0.05, 0) is 31.1 Å². The van der Waals surface area contributed by atoms with E-state index in [4.69, 9.17) is 0 Å². The van der Waals surface area contributed by atoms with Crippen LogP contribution in [0.5, 0.6) is 0 Å². The second-order valence-corrected chi connectivity index (χ2v) is 6.60. The van der Waals surface area contributed by atoms with E-state index in [2.05, 4.69) is 6.92 Å². The van der Waals surface area contributed by atoms with Gasteiger partial charge in [-0.1, -0.05) is 56.7 Å². The van der Waals surface area contributed by atoms with Gasteiger partial charge < -0.3 is 0 Å². The van der Waals surface area contributed by atoms with Crippen LogP contribution in [0.15, 0.2) is 48.5 Å². The Hall–Kier alpha value is -2.76. The first-order valence-electron chi connectivity index (χ1n) is 8.92. The van der Waals surface area contributed by atoms with Gasteiger partial charge in [-0.3, -0.25) is 20.2 Å². The maximum absolute atomic E-state index is 11.3. The van der Waals surface area contributed by atoms with Crippen LogP contribution >= 0.6 is 0 Å². The van der Waals surface area contributed by atoms with Crippen molar-refractivity contribution in [2.45, 2.75) is 51.4 Å². The molecule has 2 aromatic rings. The highest BCUT2D eigenvalue weighted by molar-refractivity contribution is 5.43. The summed E-state index contributed by atoms with van der Waals surface area (Å²) in [5.41, 5.74) is 1.77. The number of hydrogen-bond acceptors (Lipinski definition) is 4. The van der Waals surface area contributed by atoms with E-state index >= 15 is 0 Å². The molecule has 0 amide bonds. The summed E-state index contributed by atoms with van der Waals surface area (Å²) < 4.78 is 0. The molecule has 0 fully saturated rings. The molecule has 0 aliphatic carbocycles. The predicted molar refractivity (Wildman–Crippen MR) is 101 cm³/mol. The molecule has 0 radical (unpaired) electrons. The molecule has 6 heteroatoms. The highest BCUT2D eigenvalue weighted by Crippen LogP contribution is 2.37. The van der Waals surface area contributed by atoms with Gasteiger partial charge in [-0.25, -0.2) is 0 Å². The zero-order valence-corrected chi connectivity index (χ0v) is 15.1. The van der Waals surface area contributed by atoms with Gasteiger partial charge >= 0.3 is 0 Å². The van der Waals surface area contributed by atoms with E-state index in [1.807, 2.05) is 25.1 Å². The Bertz CT molecular complexity index is 776. The summed E-state index contributed by atoms with van der Waals surface area (Å²) in [4.78, 5) is 21.9. The van der Waals surface area contributed by atoms with Crippen LogP contribution in [0.25, 0.3) is 0 Å². The SMILES string of the molecule is CCCC(CCC(C)c1ccccc1[N+](=O)[O-])c1ccccc1[N+](=O)[O-]. The number of nitro groups is 2. The zero-order valence-electron chi connectivity index (χ0n) is 15.1. The maximum Gasteiger partial charge on any atom is 0.272 e. The molecule has 0 saturated carbocycles. The molecular weight excluding hydrogens is 332 g/mol. The summed E-state index contributed by atoms with van der Waals surface area (Å²) in [6.07, 6.45) is 3.28. The van der Waals surface area contributed by atoms with Crippen molar-refractivity contribution in [3.63, 3.8) is 0 Å². The summed E-state index contributed by atoms with van der Waals surface area (Å²) in [5.74, 6) is 0.0885. The molecule has 138 valence electrons. The molecule has 0 spiro atoms. The molecule has 2 aromatic carbocycles. The lowest BCUT2D eigenvalue weighted by molar-refractivity contribution is -0.386. The van der Waals surface area contributed by atoms with Crippen molar-refractivity contribution in [3.8, 4) is 0 Å². The third-order valence-electron chi connectivity index (χ3n) is 4.82. The Morgan fingerprint density at radius 1 is 0.808 bits per heavy atom. The van der Waals surface area contributed by atoms with Crippen LogP contribution in [0.1, 0.15) is 62.5 Å². The molecule has 0 aromatic heterocycles. The molecule has 2 unspecified atom stereocenters. The fraction of sp³-hybridized carbons (Fsp3) is 0.400. The van der Waals surface area contributed by atoms with Crippen LogP contribution in [0, 0.1) is 20.2 Å². The van der Waals surface area contributed by atoms with Crippen molar-refractivity contribution in [2.75, 3.05) is 0 Å². The van der Waals surface area contributed by atoms with Gasteiger partial charge in [0.2, 0.25) is 0 Å². The lowest BCUT2D eigenvalue weighted by Crippen LogP contribution is -2.06. The van der Waals surface area contributed by atoms with Gasteiger partial charge in [0.15, 0.2) is 0 Å². The summed E-state index contributed by atoms with van der Waals surface area (Å²) >= 11 is 0. The largest absolute Gasteiger partial charge is 0.272 e. The first-order chi connectivity index (χ1) is 12.5. The third kappa shape index (κ3) is 4.65. The standard InChI is InChI=1S/C20H24N2O4/c1-3-8-16(18-10-5-7-12-20(18)22(25)26)14-13-15(2)17-9-4-6-11-19(17)21(23)24/h4-7,9-12,15-16H,3,8,13-14H2,1-2H3. The van der Waals surface area contributed by atoms with Crippen molar-refractivity contribution in [2.24, 2.45) is 0 Å². The van der Waals surface area contributed by atoms with Crippen molar-refractivity contribution < 1.29 is 9.85 Å². The monoisotopic (exact) mass is 356 g/mol. The first-order valence-corrected chi connectivity index (χ1v) is 8.92. The number of rotatable bonds is 9. The molecule has 0 heterocycles. The first kappa shape index (κ1) is 19.6. The van der Waals surface area contributed by atoms with Crippen LogP contribution in [-0.4, -0.2) is 9.85 Å². The fourth-order valence-corrected chi connectivity index (χ4v) is 3.48. The minimum atomic E-state index is -0.350. The summed E-state index contributed by atoms with van der Waals surface area (Å²) in [6.45, 7) is 4.04. The summed E-state index contributed by atoms with van der Waals surface area (Å²) in [7, 11) is 0. The maximum atomic E-state index is 11.3. The van der Waals surface area contributed by atoms with Crippen molar-refractivity contribution in [3.05, 3.63) is 79.9 Å². The van der Waals surface area contributed by atoms with E-state index in [1.165, 1.54) is 6.07 Å². The Morgan fingerprint density at radius 2 is 1.31 bits per heavy atom. The molecule has 0 saturated heterocycles. The number of nitrogens with zero attached hydrogens (tertiary/aromatic N) is 2. The second-order valence-electron chi connectivity index (χ2n) is 6.60. The highest BCUT2D eigenvalue weighted by atomic mass is 16.6. The van der Waals surface area contributed by atoms with E-state index in [0.717, 1.165) is 36.8 Å². The van der Waals surface area contributed by atoms with Crippen molar-refractivity contribution in [1.29, 1.82) is 0 Å². The number of nitro benzene ring substituents is 2. The topological polar surface area (TPSA) is 86.3 Å². The summed E-state index contributed by atoms with van der Waals surface area (Å²) in [5, 5.41) is 22.6. The van der Waals surface area contributed by atoms with Crippen LogP contribution in [0.2, 0.25) is 0 Å². The number of hydrogen-bond donors (Lipinski definition) is 0. The van der Waals surface area contributed by atoms with Gasteiger partial charge in [0.05, 0.1) is 9.85 Å². The van der Waals surface area contributed by atoms with E-state index in [-0.39, 0.29) is 33.1 Å². The van der Waals surface area contributed by atoms with Crippen LogP contribution in [0.3, 0.4) is 0 Å². The van der Waals surface area contributed by atoms with Crippen molar-refractivity contribution >= 4 is 11.4 Å². The molecule has 6 nitrogen and oxygen atoms in total. The third-order valence-corrected chi connectivity index (χ3v) is 4.82. The lowest BCUT2D eigenvalue weighted by atomic mass is 9.85. The Kier molecular flexibility index (Phi) is 6.83. The van der Waals surface area contributed by atoms with Crippen molar-refractivity contribution in [1.82, 2.24) is 0 Å². The smallest absolute Gasteiger partial charge is 0.258 e. The fourth-order valence-electron chi connectivity index (χ4n) is 3.48. The molecule has 26 heavy (non-hydrogen) atoms. The zero-order chi connectivity index (χ0) is 19.1. The highest BCUT2D eigenvalue weighted by Gasteiger charge is 2.23. The normalized spacial score (nSPS) is 13.2. The lowest BCUT2D eigenvalue weighted by Gasteiger charge is -2.19. The number of para-hydroxylation sites is 2. The Balaban J connectivity index is 2.20. The Labute approximate surface area is 153 Å². The minimum absolute atomic E-state index is 0.0127. The van der Waals surface area contributed by atoms with Crippen LogP contribution < -0.4 is 0 Å². The van der Waals surface area contributed by atoms with Gasteiger partial charge in [0.1, 0.15) is 0 Å². The van der Waals surface area contributed by atoms with Crippen LogP contribution in [0.4, 0.5) is 11.4 Å².